The topological polar surface area (TPSA) is 128 Å². The maximum absolute atomic E-state index is 11.7. The van der Waals surface area contributed by atoms with Crippen molar-refractivity contribution < 1.29 is 24.6 Å². The Morgan fingerprint density at radius 3 is 2.61 bits per heavy atom. The second-order valence-corrected chi connectivity index (χ2v) is 4.00. The molecule has 1 aliphatic heterocycles. The lowest BCUT2D eigenvalue weighted by molar-refractivity contribution is -0.138. The normalized spacial score (nSPS) is 20.2. The highest BCUT2D eigenvalue weighted by Crippen LogP contribution is 2.04. The van der Waals surface area contributed by atoms with Crippen molar-refractivity contribution in [3.05, 3.63) is 0 Å². The Balaban J connectivity index is 2.42. The summed E-state index contributed by atoms with van der Waals surface area (Å²) >= 11 is 0. The molecule has 1 rings (SSSR count). The number of aliphatic carboxylic acids is 1. The predicted molar refractivity (Wildman–Crippen MR) is 60.7 cm³/mol. The Labute approximate surface area is 104 Å². The van der Waals surface area contributed by atoms with Crippen LogP contribution in [0.5, 0.6) is 0 Å². The van der Waals surface area contributed by atoms with E-state index in [0.717, 1.165) is 13.0 Å². The average Bonchev–Trinajstić information content (AvgIpc) is 2.86. The summed E-state index contributed by atoms with van der Waals surface area (Å²) < 4.78 is 0. The van der Waals surface area contributed by atoms with Crippen molar-refractivity contribution in [3.63, 3.8) is 0 Å². The molecule has 1 heterocycles. The molecule has 18 heavy (non-hydrogen) atoms. The first-order valence-corrected chi connectivity index (χ1v) is 5.68. The number of aliphatic hydroxyl groups excluding tert-OH is 1. The molecule has 2 amide bonds. The van der Waals surface area contributed by atoms with Crippen LogP contribution in [0, 0.1) is 0 Å². The second kappa shape index (κ2) is 6.92. The zero-order valence-corrected chi connectivity index (χ0v) is 9.81. The molecule has 0 aromatic heterocycles. The van der Waals surface area contributed by atoms with Gasteiger partial charge in [0.05, 0.1) is 12.6 Å². The summed E-state index contributed by atoms with van der Waals surface area (Å²) in [4.78, 5) is 33.4. The third-order valence-corrected chi connectivity index (χ3v) is 2.61. The number of nitrogens with one attached hydrogen (secondary N) is 3. The lowest BCUT2D eigenvalue weighted by atomic mass is 10.2. The molecule has 8 nitrogen and oxygen atoms in total. The minimum atomic E-state index is -1.19. The molecule has 2 atom stereocenters. The van der Waals surface area contributed by atoms with Gasteiger partial charge in [-0.1, -0.05) is 0 Å². The van der Waals surface area contributed by atoms with Gasteiger partial charge in [0.15, 0.2) is 0 Å². The lowest BCUT2D eigenvalue weighted by Gasteiger charge is -2.18. The molecule has 1 aliphatic rings. The molecule has 1 fully saturated rings. The van der Waals surface area contributed by atoms with Gasteiger partial charge in [-0.25, -0.2) is 0 Å². The van der Waals surface area contributed by atoms with Crippen molar-refractivity contribution in [1.82, 2.24) is 16.0 Å². The van der Waals surface area contributed by atoms with Gasteiger partial charge in [0.25, 0.3) is 0 Å². The van der Waals surface area contributed by atoms with E-state index >= 15 is 0 Å². The molecule has 0 aromatic carbocycles. The molecule has 0 unspecified atom stereocenters. The molecule has 5 N–H and O–H groups in total. The molecule has 0 aliphatic carbocycles. The molecule has 0 saturated carbocycles. The van der Waals surface area contributed by atoms with Crippen LogP contribution in [0.4, 0.5) is 0 Å². The summed E-state index contributed by atoms with van der Waals surface area (Å²) in [6.45, 7) is -0.385. The van der Waals surface area contributed by atoms with Crippen molar-refractivity contribution >= 4 is 17.8 Å². The number of amides is 2. The molecule has 0 spiro atoms. The molecular weight excluding hydrogens is 242 g/mol. The van der Waals surface area contributed by atoms with Gasteiger partial charge >= 0.3 is 5.97 Å². The number of carbonyl (C=O) groups is 3. The first-order valence-electron chi connectivity index (χ1n) is 5.68. The Bertz CT molecular complexity index is 327. The number of rotatable bonds is 6. The van der Waals surface area contributed by atoms with Crippen LogP contribution < -0.4 is 16.0 Å². The Kier molecular flexibility index (Phi) is 5.53. The van der Waals surface area contributed by atoms with Crippen LogP contribution in [0.1, 0.15) is 12.8 Å². The average molecular weight is 259 g/mol. The fourth-order valence-electron chi connectivity index (χ4n) is 1.66. The predicted octanol–water partition coefficient (Wildman–Crippen LogP) is -2.58. The zero-order chi connectivity index (χ0) is 13.5. The second-order valence-electron chi connectivity index (χ2n) is 4.00. The van der Waals surface area contributed by atoms with Gasteiger partial charge in [0, 0.05) is 0 Å². The standard InChI is InChI=1S/C10H17N3O5/c14-5-7(9(17)12-4-8(15)16)13-10(18)6-2-1-3-11-6/h6-7,11,14H,1-5H2,(H,12,17)(H,13,18)(H,15,16)/t6-,7-/m0/s1. The summed E-state index contributed by atoms with van der Waals surface area (Å²) in [5, 5.41) is 24.8. The van der Waals surface area contributed by atoms with Gasteiger partial charge in [-0.15, -0.1) is 0 Å². The van der Waals surface area contributed by atoms with Crippen LogP contribution in [0.3, 0.4) is 0 Å². The van der Waals surface area contributed by atoms with E-state index in [-0.39, 0.29) is 11.9 Å². The van der Waals surface area contributed by atoms with Crippen molar-refractivity contribution in [1.29, 1.82) is 0 Å². The van der Waals surface area contributed by atoms with Gasteiger partial charge in [-0.3, -0.25) is 14.4 Å². The number of carboxylic acid groups (broad SMARTS) is 1. The summed E-state index contributed by atoms with van der Waals surface area (Å²) in [6, 6.07) is -1.48. The molecule has 8 heteroatoms. The molecule has 0 radical (unpaired) electrons. The summed E-state index contributed by atoms with van der Waals surface area (Å²) in [7, 11) is 0. The highest BCUT2D eigenvalue weighted by atomic mass is 16.4. The minimum Gasteiger partial charge on any atom is -0.480 e. The molecule has 102 valence electrons. The first kappa shape index (κ1) is 14.4. The number of carboxylic acids is 1. The largest absolute Gasteiger partial charge is 0.480 e. The summed E-state index contributed by atoms with van der Waals surface area (Å²) in [5.41, 5.74) is 0. The number of carbonyl (C=O) groups excluding carboxylic acids is 2. The maximum atomic E-state index is 11.7. The van der Waals surface area contributed by atoms with Gasteiger partial charge in [0.2, 0.25) is 11.8 Å². The number of hydrogen-bond acceptors (Lipinski definition) is 5. The van der Waals surface area contributed by atoms with Crippen LogP contribution in [0.15, 0.2) is 0 Å². The number of aliphatic hydroxyl groups is 1. The molecule has 1 saturated heterocycles. The summed E-state index contributed by atoms with van der Waals surface area (Å²) in [5.74, 6) is -2.27. The van der Waals surface area contributed by atoms with Gasteiger partial charge in [-0.05, 0) is 19.4 Å². The SMILES string of the molecule is O=C(O)CNC(=O)[C@H](CO)NC(=O)[C@@H]1CCCN1. The van der Waals surface area contributed by atoms with E-state index in [2.05, 4.69) is 16.0 Å². The van der Waals surface area contributed by atoms with Gasteiger partial charge < -0.3 is 26.2 Å². The molecular formula is C10H17N3O5. The van der Waals surface area contributed by atoms with Crippen molar-refractivity contribution in [3.8, 4) is 0 Å². The van der Waals surface area contributed by atoms with Crippen LogP contribution in [-0.4, -0.2) is 59.8 Å². The highest BCUT2D eigenvalue weighted by Gasteiger charge is 2.26. The molecule has 0 bridgehead atoms. The van der Waals surface area contributed by atoms with E-state index in [1.807, 2.05) is 0 Å². The van der Waals surface area contributed by atoms with Gasteiger partial charge in [0.1, 0.15) is 12.6 Å². The number of hydrogen-bond donors (Lipinski definition) is 5. The highest BCUT2D eigenvalue weighted by molar-refractivity contribution is 5.91. The third kappa shape index (κ3) is 4.30. The van der Waals surface area contributed by atoms with Crippen LogP contribution >= 0.6 is 0 Å². The van der Waals surface area contributed by atoms with Gasteiger partial charge in [-0.2, -0.15) is 0 Å². The quantitative estimate of drug-likeness (QED) is 0.356. The van der Waals surface area contributed by atoms with E-state index in [1.54, 1.807) is 0 Å². The monoisotopic (exact) mass is 259 g/mol. The Morgan fingerprint density at radius 1 is 1.39 bits per heavy atom. The Hall–Kier alpha value is -1.67. The van der Waals surface area contributed by atoms with E-state index < -0.39 is 31.1 Å². The maximum Gasteiger partial charge on any atom is 0.322 e. The smallest absolute Gasteiger partial charge is 0.322 e. The van der Waals surface area contributed by atoms with Crippen LogP contribution in [-0.2, 0) is 14.4 Å². The fourth-order valence-corrected chi connectivity index (χ4v) is 1.66. The van der Waals surface area contributed by atoms with Crippen LogP contribution in [0.2, 0.25) is 0 Å². The lowest BCUT2D eigenvalue weighted by Crippen LogP contribution is -2.53. The minimum absolute atomic E-state index is 0.355. The van der Waals surface area contributed by atoms with E-state index in [0.29, 0.717) is 6.42 Å². The zero-order valence-electron chi connectivity index (χ0n) is 9.81. The summed E-state index contributed by atoms with van der Waals surface area (Å²) in [6.07, 6.45) is 1.56. The first-order chi connectivity index (χ1) is 8.54. The van der Waals surface area contributed by atoms with E-state index in [1.165, 1.54) is 0 Å². The fraction of sp³-hybridized carbons (Fsp3) is 0.700. The molecule has 0 aromatic rings. The van der Waals surface area contributed by atoms with Crippen molar-refractivity contribution in [2.24, 2.45) is 0 Å². The van der Waals surface area contributed by atoms with Crippen LogP contribution in [0.25, 0.3) is 0 Å². The Morgan fingerprint density at radius 2 is 2.11 bits per heavy atom. The van der Waals surface area contributed by atoms with E-state index in [4.69, 9.17) is 10.2 Å². The van der Waals surface area contributed by atoms with Crippen molar-refractivity contribution in [2.75, 3.05) is 19.7 Å². The van der Waals surface area contributed by atoms with Crippen molar-refractivity contribution in [2.45, 2.75) is 24.9 Å². The van der Waals surface area contributed by atoms with E-state index in [9.17, 15) is 14.4 Å². The third-order valence-electron chi connectivity index (χ3n) is 2.61.